The number of hydrogen-bond donors (Lipinski definition) is 2. The van der Waals surface area contributed by atoms with Crippen molar-refractivity contribution in [3.63, 3.8) is 0 Å². The zero-order valence-corrected chi connectivity index (χ0v) is 12.3. The summed E-state index contributed by atoms with van der Waals surface area (Å²) in [7, 11) is -3.72. The molecule has 110 valence electrons. The van der Waals surface area contributed by atoms with Gasteiger partial charge in [0.25, 0.3) is 10.0 Å². The highest BCUT2D eigenvalue weighted by Gasteiger charge is 2.18. The van der Waals surface area contributed by atoms with Crippen LogP contribution in [-0.2, 0) is 16.4 Å². The molecule has 2 N–H and O–H groups in total. The molecule has 0 bridgehead atoms. The summed E-state index contributed by atoms with van der Waals surface area (Å²) < 4.78 is 40.6. The van der Waals surface area contributed by atoms with E-state index in [0.29, 0.717) is 5.56 Å². The van der Waals surface area contributed by atoms with Gasteiger partial charge in [0.2, 0.25) is 0 Å². The number of hydrogen-bond acceptors (Lipinski definition) is 3. The molecule has 0 aromatic heterocycles. The Balaban J connectivity index is 1.91. The maximum Gasteiger partial charge on any atom is 0.261 e. The third-order valence-electron chi connectivity index (χ3n) is 3.53. The standard InChI is InChI=1S/C15H15FN2O2S/c1-10-2-4-12(8-14(10)16)18-21(19,20)13-5-3-11-6-7-17-15(11)9-13/h2-5,8-9,17-18H,6-7H2,1H3. The Hall–Kier alpha value is -2.08. The van der Waals surface area contributed by atoms with Crippen molar-refractivity contribution < 1.29 is 12.8 Å². The predicted molar refractivity (Wildman–Crippen MR) is 80.6 cm³/mol. The minimum atomic E-state index is -3.72. The Kier molecular flexibility index (Phi) is 3.33. The highest BCUT2D eigenvalue weighted by molar-refractivity contribution is 7.92. The summed E-state index contributed by atoms with van der Waals surface area (Å²) in [6, 6.07) is 9.24. The fourth-order valence-corrected chi connectivity index (χ4v) is 3.38. The van der Waals surface area contributed by atoms with Crippen LogP contribution in [0.5, 0.6) is 0 Å². The molecule has 0 unspecified atom stereocenters. The summed E-state index contributed by atoms with van der Waals surface area (Å²) in [6.07, 6.45) is 0.895. The van der Waals surface area contributed by atoms with Crippen molar-refractivity contribution in [2.24, 2.45) is 0 Å². The molecule has 6 heteroatoms. The van der Waals surface area contributed by atoms with Gasteiger partial charge < -0.3 is 5.32 Å². The van der Waals surface area contributed by atoms with Crippen LogP contribution >= 0.6 is 0 Å². The molecule has 0 amide bonds. The quantitative estimate of drug-likeness (QED) is 0.916. The van der Waals surface area contributed by atoms with Gasteiger partial charge in [-0.2, -0.15) is 0 Å². The zero-order valence-electron chi connectivity index (χ0n) is 11.5. The zero-order chi connectivity index (χ0) is 15.0. The summed E-state index contributed by atoms with van der Waals surface area (Å²) in [5.41, 5.74) is 2.63. The normalized spacial score (nSPS) is 13.6. The van der Waals surface area contributed by atoms with Gasteiger partial charge in [-0.25, -0.2) is 12.8 Å². The minimum Gasteiger partial charge on any atom is -0.384 e. The maximum atomic E-state index is 13.5. The number of anilines is 2. The van der Waals surface area contributed by atoms with Crippen LogP contribution in [0.1, 0.15) is 11.1 Å². The third-order valence-corrected chi connectivity index (χ3v) is 4.90. The molecular weight excluding hydrogens is 291 g/mol. The predicted octanol–water partition coefficient (Wildman–Crippen LogP) is 2.90. The summed E-state index contributed by atoms with van der Waals surface area (Å²) >= 11 is 0. The van der Waals surface area contributed by atoms with E-state index in [1.807, 2.05) is 0 Å². The lowest BCUT2D eigenvalue weighted by molar-refractivity contribution is 0.601. The van der Waals surface area contributed by atoms with Crippen molar-refractivity contribution in [1.82, 2.24) is 0 Å². The summed E-state index contributed by atoms with van der Waals surface area (Å²) in [4.78, 5) is 0.164. The molecule has 2 aromatic carbocycles. The van der Waals surface area contributed by atoms with Crippen LogP contribution in [-0.4, -0.2) is 15.0 Å². The second kappa shape index (κ2) is 5.04. The number of aryl methyl sites for hydroxylation is 1. The van der Waals surface area contributed by atoms with Gasteiger partial charge in [-0.05, 0) is 48.7 Å². The van der Waals surface area contributed by atoms with Crippen LogP contribution in [0.4, 0.5) is 15.8 Å². The van der Waals surface area contributed by atoms with Gasteiger partial charge >= 0.3 is 0 Å². The fraction of sp³-hybridized carbons (Fsp3) is 0.200. The van der Waals surface area contributed by atoms with E-state index in [1.165, 1.54) is 12.1 Å². The van der Waals surface area contributed by atoms with E-state index in [0.717, 1.165) is 24.2 Å². The number of benzene rings is 2. The first kappa shape index (κ1) is 13.9. The van der Waals surface area contributed by atoms with E-state index in [4.69, 9.17) is 0 Å². The van der Waals surface area contributed by atoms with E-state index < -0.39 is 15.8 Å². The molecule has 2 aromatic rings. The van der Waals surface area contributed by atoms with E-state index in [2.05, 4.69) is 10.0 Å². The van der Waals surface area contributed by atoms with Crippen LogP contribution in [0, 0.1) is 12.7 Å². The summed E-state index contributed by atoms with van der Waals surface area (Å²) in [5, 5.41) is 3.14. The first-order chi connectivity index (χ1) is 9.95. The Bertz CT molecular complexity index is 803. The van der Waals surface area contributed by atoms with Crippen LogP contribution in [0.15, 0.2) is 41.3 Å². The van der Waals surface area contributed by atoms with Gasteiger partial charge in [0, 0.05) is 12.2 Å². The summed E-state index contributed by atoms with van der Waals surface area (Å²) in [5.74, 6) is -0.439. The van der Waals surface area contributed by atoms with E-state index in [-0.39, 0.29) is 10.6 Å². The molecule has 21 heavy (non-hydrogen) atoms. The first-order valence-electron chi connectivity index (χ1n) is 6.61. The van der Waals surface area contributed by atoms with Gasteiger partial charge in [0.05, 0.1) is 10.6 Å². The van der Waals surface area contributed by atoms with Crippen molar-refractivity contribution in [3.05, 3.63) is 53.3 Å². The largest absolute Gasteiger partial charge is 0.384 e. The molecule has 0 atom stereocenters. The molecule has 0 radical (unpaired) electrons. The Morgan fingerprint density at radius 3 is 2.76 bits per heavy atom. The molecule has 1 aliphatic heterocycles. The van der Waals surface area contributed by atoms with Gasteiger partial charge in [-0.1, -0.05) is 12.1 Å². The molecule has 0 spiro atoms. The highest BCUT2D eigenvalue weighted by atomic mass is 32.2. The van der Waals surface area contributed by atoms with Crippen molar-refractivity contribution in [3.8, 4) is 0 Å². The Morgan fingerprint density at radius 1 is 1.19 bits per heavy atom. The van der Waals surface area contributed by atoms with Crippen molar-refractivity contribution in [1.29, 1.82) is 0 Å². The second-order valence-corrected chi connectivity index (χ2v) is 6.75. The van der Waals surface area contributed by atoms with Crippen LogP contribution in [0.3, 0.4) is 0 Å². The SMILES string of the molecule is Cc1ccc(NS(=O)(=O)c2ccc3c(c2)NCC3)cc1F. The number of rotatable bonds is 3. The molecule has 1 aliphatic rings. The Labute approximate surface area is 123 Å². The van der Waals surface area contributed by atoms with Gasteiger partial charge in [0.15, 0.2) is 0 Å². The second-order valence-electron chi connectivity index (χ2n) is 5.07. The van der Waals surface area contributed by atoms with Gasteiger partial charge in [-0.15, -0.1) is 0 Å². The topological polar surface area (TPSA) is 58.2 Å². The highest BCUT2D eigenvalue weighted by Crippen LogP contribution is 2.26. The lowest BCUT2D eigenvalue weighted by atomic mass is 10.2. The molecule has 4 nitrogen and oxygen atoms in total. The molecule has 0 saturated carbocycles. The maximum absolute atomic E-state index is 13.5. The van der Waals surface area contributed by atoms with Gasteiger partial charge in [-0.3, -0.25) is 4.72 Å². The number of halogens is 1. The van der Waals surface area contributed by atoms with Crippen molar-refractivity contribution >= 4 is 21.4 Å². The lowest BCUT2D eigenvalue weighted by Crippen LogP contribution is -2.13. The smallest absolute Gasteiger partial charge is 0.261 e. The Morgan fingerprint density at radius 2 is 2.00 bits per heavy atom. The average molecular weight is 306 g/mol. The van der Waals surface area contributed by atoms with Crippen molar-refractivity contribution in [2.45, 2.75) is 18.2 Å². The van der Waals surface area contributed by atoms with E-state index in [1.54, 1.807) is 31.2 Å². The van der Waals surface area contributed by atoms with Crippen molar-refractivity contribution in [2.75, 3.05) is 16.6 Å². The number of fused-ring (bicyclic) bond motifs is 1. The summed E-state index contributed by atoms with van der Waals surface area (Å²) in [6.45, 7) is 2.44. The monoisotopic (exact) mass is 306 g/mol. The molecular formula is C15H15FN2O2S. The number of nitrogens with one attached hydrogen (secondary N) is 2. The van der Waals surface area contributed by atoms with Gasteiger partial charge in [0.1, 0.15) is 5.82 Å². The first-order valence-corrected chi connectivity index (χ1v) is 8.10. The number of sulfonamides is 1. The molecule has 0 saturated heterocycles. The van der Waals surface area contributed by atoms with Crippen LogP contribution in [0.2, 0.25) is 0 Å². The molecule has 0 aliphatic carbocycles. The molecule has 3 rings (SSSR count). The molecule has 0 fully saturated rings. The lowest BCUT2D eigenvalue weighted by Gasteiger charge is -2.10. The average Bonchev–Trinajstić information content (AvgIpc) is 2.90. The third kappa shape index (κ3) is 2.71. The van der Waals surface area contributed by atoms with Crippen LogP contribution < -0.4 is 10.0 Å². The van der Waals surface area contributed by atoms with Crippen LogP contribution in [0.25, 0.3) is 0 Å². The minimum absolute atomic E-state index is 0.164. The molecule has 1 heterocycles. The van der Waals surface area contributed by atoms with E-state index in [9.17, 15) is 12.8 Å². The van der Waals surface area contributed by atoms with E-state index >= 15 is 0 Å². The fourth-order valence-electron chi connectivity index (χ4n) is 2.31.